The molecule has 0 radical (unpaired) electrons. The van der Waals surface area contributed by atoms with Gasteiger partial charge in [0.15, 0.2) is 11.6 Å². The maximum absolute atomic E-state index is 13.5. The SMILES string of the molecule is CCOc1ccc(CN(C)C(=O)OC)cc1F. The summed E-state index contributed by atoms with van der Waals surface area (Å²) in [5, 5.41) is 0. The Bertz CT molecular complexity index is 395. The predicted molar refractivity (Wildman–Crippen MR) is 61.4 cm³/mol. The highest BCUT2D eigenvalue weighted by atomic mass is 19.1. The van der Waals surface area contributed by atoms with E-state index in [4.69, 9.17) is 4.74 Å². The first-order valence-corrected chi connectivity index (χ1v) is 5.28. The Morgan fingerprint density at radius 3 is 2.71 bits per heavy atom. The van der Waals surface area contributed by atoms with Crippen molar-refractivity contribution in [1.82, 2.24) is 4.90 Å². The molecule has 0 saturated heterocycles. The molecule has 1 rings (SSSR count). The molecule has 5 heteroatoms. The number of carbonyl (C=O) groups is 1. The third kappa shape index (κ3) is 3.62. The first-order chi connectivity index (χ1) is 8.08. The molecule has 1 aromatic rings. The second-order valence-corrected chi connectivity index (χ2v) is 3.52. The fraction of sp³-hybridized carbons (Fsp3) is 0.417. The largest absolute Gasteiger partial charge is 0.491 e. The molecule has 0 aliphatic carbocycles. The zero-order valence-corrected chi connectivity index (χ0v) is 10.2. The summed E-state index contributed by atoms with van der Waals surface area (Å²) in [5.41, 5.74) is 0.679. The number of rotatable bonds is 4. The van der Waals surface area contributed by atoms with Crippen LogP contribution in [0.25, 0.3) is 0 Å². The minimum Gasteiger partial charge on any atom is -0.491 e. The summed E-state index contributed by atoms with van der Waals surface area (Å²) in [6.45, 7) is 2.49. The van der Waals surface area contributed by atoms with Crippen molar-refractivity contribution in [2.24, 2.45) is 0 Å². The van der Waals surface area contributed by atoms with E-state index >= 15 is 0 Å². The van der Waals surface area contributed by atoms with E-state index in [9.17, 15) is 9.18 Å². The fourth-order valence-electron chi connectivity index (χ4n) is 1.41. The average Bonchev–Trinajstić information content (AvgIpc) is 2.31. The van der Waals surface area contributed by atoms with Crippen molar-refractivity contribution in [3.05, 3.63) is 29.6 Å². The van der Waals surface area contributed by atoms with E-state index in [2.05, 4.69) is 4.74 Å². The lowest BCUT2D eigenvalue weighted by atomic mass is 10.2. The summed E-state index contributed by atoms with van der Waals surface area (Å²) in [6.07, 6.45) is -0.459. The number of benzene rings is 1. The summed E-state index contributed by atoms with van der Waals surface area (Å²) >= 11 is 0. The van der Waals surface area contributed by atoms with Gasteiger partial charge in [0.2, 0.25) is 0 Å². The minimum atomic E-state index is -0.459. The number of hydrogen-bond acceptors (Lipinski definition) is 3. The van der Waals surface area contributed by atoms with Gasteiger partial charge in [-0.1, -0.05) is 6.07 Å². The van der Waals surface area contributed by atoms with Crippen LogP contribution in [0.2, 0.25) is 0 Å². The van der Waals surface area contributed by atoms with Gasteiger partial charge < -0.3 is 14.4 Å². The Hall–Kier alpha value is -1.78. The molecule has 0 N–H and O–H groups in total. The quantitative estimate of drug-likeness (QED) is 0.812. The molecular weight excluding hydrogens is 225 g/mol. The third-order valence-electron chi connectivity index (χ3n) is 2.20. The third-order valence-corrected chi connectivity index (χ3v) is 2.20. The maximum Gasteiger partial charge on any atom is 0.409 e. The number of amides is 1. The molecule has 1 amide bonds. The van der Waals surface area contributed by atoms with Gasteiger partial charge in [0, 0.05) is 13.6 Å². The standard InChI is InChI=1S/C12H16FNO3/c1-4-17-11-6-5-9(7-10(11)13)8-14(2)12(15)16-3/h5-7H,4,8H2,1-3H3. The highest BCUT2D eigenvalue weighted by molar-refractivity contribution is 5.67. The highest BCUT2D eigenvalue weighted by Crippen LogP contribution is 2.19. The highest BCUT2D eigenvalue weighted by Gasteiger charge is 2.10. The molecule has 0 aliphatic heterocycles. The summed E-state index contributed by atoms with van der Waals surface area (Å²) < 4.78 is 23.1. The molecule has 94 valence electrons. The summed E-state index contributed by atoms with van der Waals surface area (Å²) in [5.74, 6) is -0.209. The molecular formula is C12H16FNO3. The lowest BCUT2D eigenvalue weighted by molar-refractivity contribution is 0.131. The minimum absolute atomic E-state index is 0.219. The van der Waals surface area contributed by atoms with Crippen molar-refractivity contribution in [3.63, 3.8) is 0 Å². The van der Waals surface area contributed by atoms with Crippen LogP contribution in [0.15, 0.2) is 18.2 Å². The average molecular weight is 241 g/mol. The van der Waals surface area contributed by atoms with E-state index in [1.54, 1.807) is 26.1 Å². The molecule has 4 nitrogen and oxygen atoms in total. The molecule has 0 aromatic heterocycles. The van der Waals surface area contributed by atoms with Gasteiger partial charge in [-0.3, -0.25) is 0 Å². The van der Waals surface area contributed by atoms with E-state index in [1.807, 2.05) is 0 Å². The van der Waals surface area contributed by atoms with Crippen molar-refractivity contribution in [1.29, 1.82) is 0 Å². The fourth-order valence-corrected chi connectivity index (χ4v) is 1.41. The zero-order chi connectivity index (χ0) is 12.8. The van der Waals surface area contributed by atoms with Crippen LogP contribution >= 0.6 is 0 Å². The lowest BCUT2D eigenvalue weighted by Gasteiger charge is -2.15. The van der Waals surface area contributed by atoms with Crippen LogP contribution in [0, 0.1) is 5.82 Å². The van der Waals surface area contributed by atoms with Gasteiger partial charge in [0.1, 0.15) is 0 Å². The van der Waals surface area contributed by atoms with Crippen LogP contribution in [0.4, 0.5) is 9.18 Å². The second kappa shape index (κ2) is 6.08. The van der Waals surface area contributed by atoms with Crippen LogP contribution in [0.5, 0.6) is 5.75 Å². The van der Waals surface area contributed by atoms with E-state index < -0.39 is 11.9 Å². The number of methoxy groups -OCH3 is 1. The van der Waals surface area contributed by atoms with Crippen molar-refractivity contribution < 1.29 is 18.7 Å². The molecule has 0 fully saturated rings. The normalized spacial score (nSPS) is 9.88. The number of halogens is 1. The van der Waals surface area contributed by atoms with Gasteiger partial charge in [-0.2, -0.15) is 0 Å². The van der Waals surface area contributed by atoms with Gasteiger partial charge in [-0.25, -0.2) is 9.18 Å². The van der Waals surface area contributed by atoms with Crippen molar-refractivity contribution >= 4 is 6.09 Å². The molecule has 0 heterocycles. The number of nitrogens with zero attached hydrogens (tertiary/aromatic N) is 1. The van der Waals surface area contributed by atoms with Gasteiger partial charge in [0.05, 0.1) is 13.7 Å². The van der Waals surface area contributed by atoms with E-state index in [-0.39, 0.29) is 12.3 Å². The molecule has 1 aromatic carbocycles. The van der Waals surface area contributed by atoms with Crippen molar-refractivity contribution in [2.45, 2.75) is 13.5 Å². The van der Waals surface area contributed by atoms with Crippen LogP contribution in [0.3, 0.4) is 0 Å². The summed E-state index contributed by atoms with van der Waals surface area (Å²) in [4.78, 5) is 12.5. The van der Waals surface area contributed by atoms with Gasteiger partial charge >= 0.3 is 6.09 Å². The van der Waals surface area contributed by atoms with Crippen molar-refractivity contribution in [2.75, 3.05) is 20.8 Å². The first-order valence-electron chi connectivity index (χ1n) is 5.28. The molecule has 0 spiro atoms. The Kier molecular flexibility index (Phi) is 4.75. The van der Waals surface area contributed by atoms with Crippen LogP contribution in [-0.4, -0.2) is 31.8 Å². The molecule has 0 bridgehead atoms. The molecule has 0 aliphatic rings. The topological polar surface area (TPSA) is 38.8 Å². The molecule has 17 heavy (non-hydrogen) atoms. The Morgan fingerprint density at radius 1 is 1.47 bits per heavy atom. The van der Waals surface area contributed by atoms with E-state index in [0.29, 0.717) is 12.2 Å². The van der Waals surface area contributed by atoms with Crippen LogP contribution in [0.1, 0.15) is 12.5 Å². The lowest BCUT2D eigenvalue weighted by Crippen LogP contribution is -2.25. The van der Waals surface area contributed by atoms with E-state index in [1.165, 1.54) is 18.1 Å². The van der Waals surface area contributed by atoms with Crippen LogP contribution in [-0.2, 0) is 11.3 Å². The van der Waals surface area contributed by atoms with Gasteiger partial charge in [0.25, 0.3) is 0 Å². The Balaban J connectivity index is 2.73. The molecule has 0 atom stereocenters. The summed E-state index contributed by atoms with van der Waals surface area (Å²) in [7, 11) is 2.89. The second-order valence-electron chi connectivity index (χ2n) is 3.52. The Labute approximate surface area is 99.9 Å². The number of hydrogen-bond donors (Lipinski definition) is 0. The molecule has 0 unspecified atom stereocenters. The monoisotopic (exact) mass is 241 g/mol. The maximum atomic E-state index is 13.5. The van der Waals surface area contributed by atoms with E-state index in [0.717, 1.165) is 0 Å². The molecule has 0 saturated carbocycles. The van der Waals surface area contributed by atoms with Gasteiger partial charge in [-0.05, 0) is 24.6 Å². The number of ether oxygens (including phenoxy) is 2. The predicted octanol–water partition coefficient (Wildman–Crippen LogP) is 2.42. The summed E-state index contributed by atoms with van der Waals surface area (Å²) in [6, 6.07) is 4.62. The van der Waals surface area contributed by atoms with Crippen LogP contribution < -0.4 is 4.74 Å². The first kappa shape index (κ1) is 13.3. The number of carbonyl (C=O) groups excluding carboxylic acids is 1. The van der Waals surface area contributed by atoms with Crippen molar-refractivity contribution in [3.8, 4) is 5.75 Å². The Morgan fingerprint density at radius 2 is 2.18 bits per heavy atom. The van der Waals surface area contributed by atoms with Gasteiger partial charge in [-0.15, -0.1) is 0 Å². The zero-order valence-electron chi connectivity index (χ0n) is 10.2. The smallest absolute Gasteiger partial charge is 0.409 e.